The number of piperazine rings is 1. The van der Waals surface area contributed by atoms with Crippen molar-refractivity contribution in [1.29, 1.82) is 0 Å². The van der Waals surface area contributed by atoms with Gasteiger partial charge in [-0.05, 0) is 18.2 Å². The summed E-state index contributed by atoms with van der Waals surface area (Å²) in [4.78, 5) is 13.7. The second-order valence-corrected chi connectivity index (χ2v) is 7.51. The topological polar surface area (TPSA) is 62.5 Å². The van der Waals surface area contributed by atoms with Gasteiger partial charge in [-0.25, -0.2) is 14.4 Å². The van der Waals surface area contributed by atoms with Crippen molar-refractivity contribution in [3.05, 3.63) is 42.2 Å². The van der Waals surface area contributed by atoms with Crippen molar-refractivity contribution < 1.29 is 4.39 Å². The lowest BCUT2D eigenvalue weighted by Gasteiger charge is -2.35. The van der Waals surface area contributed by atoms with Crippen LogP contribution in [0.15, 0.2) is 30.6 Å². The Hall–Kier alpha value is -2.81. The Kier molecular flexibility index (Phi) is 3.89. The Morgan fingerprint density at radius 1 is 1.11 bits per heavy atom. The molecule has 0 bridgehead atoms. The Balaban J connectivity index is 1.37. The van der Waals surface area contributed by atoms with Gasteiger partial charge in [0.1, 0.15) is 11.6 Å². The zero-order valence-corrected chi connectivity index (χ0v) is 15.7. The Morgan fingerprint density at radius 2 is 1.93 bits per heavy atom. The van der Waals surface area contributed by atoms with Gasteiger partial charge in [0.15, 0.2) is 10.9 Å². The van der Waals surface area contributed by atoms with Gasteiger partial charge in [-0.15, -0.1) is 10.2 Å². The second kappa shape index (κ2) is 6.41. The standard InChI is InChI=1S/C18H18FN7S/c1-2-15-22-23-17-16(20-5-6-26(15)17)24-7-9-25(10-8-24)18-21-13-4-3-12(19)11-14(13)27-18/h3-6,11H,2,7-10H2,1H3. The number of halogens is 1. The summed E-state index contributed by atoms with van der Waals surface area (Å²) in [5.41, 5.74) is 1.65. The summed E-state index contributed by atoms with van der Waals surface area (Å²) in [6, 6.07) is 4.75. The van der Waals surface area contributed by atoms with Crippen LogP contribution in [0.3, 0.4) is 0 Å². The molecule has 7 nitrogen and oxygen atoms in total. The molecule has 0 spiro atoms. The maximum absolute atomic E-state index is 13.4. The third-order valence-electron chi connectivity index (χ3n) is 4.88. The fraction of sp³-hybridized carbons (Fsp3) is 0.333. The summed E-state index contributed by atoms with van der Waals surface area (Å²) in [7, 11) is 0. The number of hydrogen-bond donors (Lipinski definition) is 0. The predicted octanol–water partition coefficient (Wildman–Crippen LogP) is 2.76. The van der Waals surface area contributed by atoms with Gasteiger partial charge in [-0.1, -0.05) is 18.3 Å². The van der Waals surface area contributed by atoms with E-state index >= 15 is 0 Å². The molecule has 1 saturated heterocycles. The number of rotatable bonds is 3. The first kappa shape index (κ1) is 16.4. The van der Waals surface area contributed by atoms with E-state index in [0.29, 0.717) is 0 Å². The van der Waals surface area contributed by atoms with Crippen molar-refractivity contribution in [2.24, 2.45) is 0 Å². The van der Waals surface area contributed by atoms with Gasteiger partial charge in [0.05, 0.1) is 10.2 Å². The molecule has 9 heteroatoms. The molecule has 0 aliphatic carbocycles. The molecule has 27 heavy (non-hydrogen) atoms. The van der Waals surface area contributed by atoms with E-state index in [1.165, 1.54) is 17.4 Å². The van der Waals surface area contributed by atoms with E-state index in [1.54, 1.807) is 18.3 Å². The molecule has 1 aromatic carbocycles. The normalized spacial score (nSPS) is 15.2. The molecule has 0 saturated carbocycles. The largest absolute Gasteiger partial charge is 0.350 e. The maximum Gasteiger partial charge on any atom is 0.203 e. The van der Waals surface area contributed by atoms with E-state index in [-0.39, 0.29) is 5.82 Å². The number of fused-ring (bicyclic) bond motifs is 2. The number of nitrogens with zero attached hydrogens (tertiary/aromatic N) is 7. The molecule has 0 atom stereocenters. The number of benzene rings is 1. The molecular weight excluding hydrogens is 365 g/mol. The number of anilines is 2. The first-order valence-corrected chi connectivity index (χ1v) is 9.79. The van der Waals surface area contributed by atoms with E-state index < -0.39 is 0 Å². The fourth-order valence-corrected chi connectivity index (χ4v) is 4.50. The average Bonchev–Trinajstić information content (AvgIpc) is 3.31. The molecule has 3 aromatic heterocycles. The molecule has 138 valence electrons. The Morgan fingerprint density at radius 3 is 2.74 bits per heavy atom. The van der Waals surface area contributed by atoms with E-state index in [2.05, 4.69) is 36.9 Å². The van der Waals surface area contributed by atoms with Crippen LogP contribution in [0.2, 0.25) is 0 Å². The van der Waals surface area contributed by atoms with Crippen LogP contribution in [0.4, 0.5) is 15.3 Å². The third kappa shape index (κ3) is 2.78. The summed E-state index contributed by atoms with van der Waals surface area (Å²) >= 11 is 1.54. The van der Waals surface area contributed by atoms with Crippen molar-refractivity contribution in [1.82, 2.24) is 24.6 Å². The van der Waals surface area contributed by atoms with Crippen LogP contribution in [0.25, 0.3) is 15.9 Å². The van der Waals surface area contributed by atoms with Crippen molar-refractivity contribution in [3.63, 3.8) is 0 Å². The zero-order chi connectivity index (χ0) is 18.4. The smallest absolute Gasteiger partial charge is 0.203 e. The molecule has 1 aliphatic heterocycles. The van der Waals surface area contributed by atoms with Crippen molar-refractivity contribution in [3.8, 4) is 0 Å². The van der Waals surface area contributed by atoms with Crippen LogP contribution in [-0.4, -0.2) is 50.7 Å². The summed E-state index contributed by atoms with van der Waals surface area (Å²) in [5, 5.41) is 9.53. The Labute approximate surface area is 159 Å². The van der Waals surface area contributed by atoms with Gasteiger partial charge < -0.3 is 9.80 Å². The van der Waals surface area contributed by atoms with Crippen LogP contribution >= 0.6 is 11.3 Å². The highest BCUT2D eigenvalue weighted by molar-refractivity contribution is 7.22. The quantitative estimate of drug-likeness (QED) is 0.542. The van der Waals surface area contributed by atoms with Crippen LogP contribution in [0.5, 0.6) is 0 Å². The lowest BCUT2D eigenvalue weighted by atomic mass is 10.3. The fourth-order valence-electron chi connectivity index (χ4n) is 3.46. The van der Waals surface area contributed by atoms with E-state index in [9.17, 15) is 4.39 Å². The third-order valence-corrected chi connectivity index (χ3v) is 5.96. The van der Waals surface area contributed by atoms with Gasteiger partial charge >= 0.3 is 0 Å². The SMILES string of the molecule is CCc1nnc2c(N3CCN(c4nc5ccc(F)cc5s4)CC3)nccn12. The van der Waals surface area contributed by atoms with Crippen LogP contribution in [0, 0.1) is 5.82 Å². The summed E-state index contributed by atoms with van der Waals surface area (Å²) in [5.74, 6) is 1.59. The monoisotopic (exact) mass is 383 g/mol. The summed E-state index contributed by atoms with van der Waals surface area (Å²) < 4.78 is 16.3. The highest BCUT2D eigenvalue weighted by Gasteiger charge is 2.23. The van der Waals surface area contributed by atoms with Crippen LogP contribution in [0.1, 0.15) is 12.7 Å². The van der Waals surface area contributed by atoms with Crippen LogP contribution in [-0.2, 0) is 6.42 Å². The highest BCUT2D eigenvalue weighted by atomic mass is 32.1. The summed E-state index contributed by atoms with van der Waals surface area (Å²) in [6.07, 6.45) is 4.55. The molecule has 0 unspecified atom stereocenters. The number of thiazole rings is 1. The predicted molar refractivity (Wildman–Crippen MR) is 104 cm³/mol. The maximum atomic E-state index is 13.4. The molecule has 0 N–H and O–H groups in total. The molecule has 4 aromatic rings. The van der Waals surface area contributed by atoms with Crippen molar-refractivity contribution in [2.75, 3.05) is 36.0 Å². The molecule has 5 rings (SSSR count). The average molecular weight is 383 g/mol. The Bertz CT molecular complexity index is 1110. The van der Waals surface area contributed by atoms with Crippen LogP contribution < -0.4 is 9.80 Å². The van der Waals surface area contributed by atoms with E-state index in [1.807, 2.05) is 10.6 Å². The van der Waals surface area contributed by atoms with Gasteiger partial charge in [0, 0.05) is 45.0 Å². The lowest BCUT2D eigenvalue weighted by Crippen LogP contribution is -2.47. The lowest BCUT2D eigenvalue weighted by molar-refractivity contribution is 0.630. The molecular formula is C18H18FN7S. The second-order valence-electron chi connectivity index (χ2n) is 6.50. The molecule has 1 fully saturated rings. The molecule has 0 amide bonds. The van der Waals surface area contributed by atoms with Gasteiger partial charge in [0.25, 0.3) is 0 Å². The van der Waals surface area contributed by atoms with E-state index in [4.69, 9.17) is 0 Å². The van der Waals surface area contributed by atoms with E-state index in [0.717, 1.165) is 65.2 Å². The first-order chi connectivity index (χ1) is 13.2. The van der Waals surface area contributed by atoms with Crippen molar-refractivity contribution in [2.45, 2.75) is 13.3 Å². The number of hydrogen-bond acceptors (Lipinski definition) is 7. The summed E-state index contributed by atoms with van der Waals surface area (Å²) in [6.45, 7) is 5.38. The molecule has 1 aliphatic rings. The minimum absolute atomic E-state index is 0.221. The zero-order valence-electron chi connectivity index (χ0n) is 14.8. The molecule has 4 heterocycles. The van der Waals surface area contributed by atoms with Gasteiger partial charge in [-0.2, -0.15) is 0 Å². The minimum atomic E-state index is -0.221. The minimum Gasteiger partial charge on any atom is -0.350 e. The molecule has 0 radical (unpaired) electrons. The van der Waals surface area contributed by atoms with Gasteiger partial charge in [-0.3, -0.25) is 4.40 Å². The van der Waals surface area contributed by atoms with Crippen molar-refractivity contribution >= 4 is 38.2 Å². The number of aromatic nitrogens is 5. The number of aryl methyl sites for hydroxylation is 1. The highest BCUT2D eigenvalue weighted by Crippen LogP contribution is 2.30. The first-order valence-electron chi connectivity index (χ1n) is 8.97. The van der Waals surface area contributed by atoms with Gasteiger partial charge in [0.2, 0.25) is 5.65 Å².